The number of benzene rings is 1. The fraction of sp³-hybridized carbons (Fsp3) is 0.200. The first-order valence-corrected chi connectivity index (χ1v) is 8.16. The Kier molecular flexibility index (Phi) is 3.80. The van der Waals surface area contributed by atoms with E-state index in [1.807, 2.05) is 17.1 Å². The van der Waals surface area contributed by atoms with E-state index in [1.165, 1.54) is 4.88 Å². The molecule has 3 nitrogen and oxygen atoms in total. The molecule has 1 aromatic carbocycles. The van der Waals surface area contributed by atoms with Gasteiger partial charge >= 0.3 is 0 Å². The molecule has 2 heterocycles. The van der Waals surface area contributed by atoms with Crippen LogP contribution in [0.4, 0.5) is 5.69 Å². The largest absolute Gasteiger partial charge is 0.378 e. The third kappa shape index (κ3) is 2.73. The predicted octanol–water partition coefficient (Wildman–Crippen LogP) is 4.75. The first-order chi connectivity index (χ1) is 9.74. The number of hydrogen-bond acceptors (Lipinski definition) is 5. The second-order valence-corrected chi connectivity index (χ2v) is 6.36. The molecule has 0 aliphatic carbocycles. The fourth-order valence-electron chi connectivity index (χ4n) is 2.12. The van der Waals surface area contributed by atoms with Gasteiger partial charge in [-0.3, -0.25) is 0 Å². The molecular weight excluding hydrogens is 286 g/mol. The molecule has 0 radical (unpaired) electrons. The van der Waals surface area contributed by atoms with Crippen LogP contribution in [0.3, 0.4) is 0 Å². The highest BCUT2D eigenvalue weighted by atomic mass is 32.1. The maximum Gasteiger partial charge on any atom is 0.123 e. The van der Waals surface area contributed by atoms with Gasteiger partial charge in [0, 0.05) is 27.7 Å². The zero-order valence-corrected chi connectivity index (χ0v) is 13.0. The first kappa shape index (κ1) is 13.3. The topological polar surface area (TPSA) is 37.8 Å². The van der Waals surface area contributed by atoms with Crippen molar-refractivity contribution in [2.75, 3.05) is 5.32 Å². The van der Waals surface area contributed by atoms with Crippen LogP contribution in [-0.4, -0.2) is 9.97 Å². The fourth-order valence-corrected chi connectivity index (χ4v) is 3.57. The maximum atomic E-state index is 4.32. The van der Waals surface area contributed by atoms with Crippen molar-refractivity contribution in [3.63, 3.8) is 0 Å². The second kappa shape index (κ2) is 5.73. The summed E-state index contributed by atoms with van der Waals surface area (Å²) in [6.07, 6.45) is 1.83. The van der Waals surface area contributed by atoms with Crippen LogP contribution in [0.2, 0.25) is 0 Å². The molecule has 2 aromatic heterocycles. The van der Waals surface area contributed by atoms with Gasteiger partial charge in [-0.25, -0.2) is 9.97 Å². The van der Waals surface area contributed by atoms with Crippen LogP contribution in [0.5, 0.6) is 0 Å². The summed E-state index contributed by atoms with van der Waals surface area (Å²) in [6, 6.07) is 8.68. The van der Waals surface area contributed by atoms with Gasteiger partial charge < -0.3 is 5.32 Å². The number of aryl methyl sites for hydroxylation is 1. The average molecular weight is 301 g/mol. The highest BCUT2D eigenvalue weighted by molar-refractivity contribution is 7.13. The third-order valence-electron chi connectivity index (χ3n) is 3.12. The van der Waals surface area contributed by atoms with E-state index >= 15 is 0 Å². The Bertz CT molecular complexity index is 671. The van der Waals surface area contributed by atoms with E-state index < -0.39 is 0 Å². The molecule has 0 saturated carbocycles. The molecule has 3 aromatic rings. The Morgan fingerprint density at radius 2 is 1.90 bits per heavy atom. The molecule has 5 heteroatoms. The van der Waals surface area contributed by atoms with Gasteiger partial charge in [-0.1, -0.05) is 0 Å². The summed E-state index contributed by atoms with van der Waals surface area (Å²) >= 11 is 3.35. The van der Waals surface area contributed by atoms with Crippen molar-refractivity contribution in [3.8, 4) is 10.6 Å². The molecule has 3 rings (SSSR count). The Morgan fingerprint density at radius 3 is 2.50 bits per heavy atom. The first-order valence-electron chi connectivity index (χ1n) is 6.40. The molecule has 1 atom stereocenters. The van der Waals surface area contributed by atoms with Crippen LogP contribution in [0.15, 0.2) is 41.4 Å². The molecule has 1 unspecified atom stereocenters. The van der Waals surface area contributed by atoms with E-state index in [9.17, 15) is 0 Å². The number of hydrogen-bond donors (Lipinski definition) is 1. The molecular formula is C15H15N3S2. The smallest absolute Gasteiger partial charge is 0.123 e. The summed E-state index contributed by atoms with van der Waals surface area (Å²) in [4.78, 5) is 9.91. The lowest BCUT2D eigenvalue weighted by Crippen LogP contribution is -2.06. The van der Waals surface area contributed by atoms with Gasteiger partial charge in [-0.2, -0.15) is 0 Å². The summed E-state index contributed by atoms with van der Waals surface area (Å²) in [5.74, 6) is 0. The van der Waals surface area contributed by atoms with Crippen LogP contribution in [0, 0.1) is 6.92 Å². The lowest BCUT2D eigenvalue weighted by molar-refractivity contribution is 0.890. The molecule has 0 bridgehead atoms. The highest BCUT2D eigenvalue weighted by Gasteiger charge is 2.10. The number of nitrogens with zero attached hydrogens (tertiary/aromatic N) is 2. The average Bonchev–Trinajstić information content (AvgIpc) is 3.10. The van der Waals surface area contributed by atoms with E-state index in [1.54, 1.807) is 22.7 Å². The van der Waals surface area contributed by atoms with Gasteiger partial charge in [0.2, 0.25) is 0 Å². The SMILES string of the molecule is Cc1ncsc1C(C)Nc1ccc(-c2nccs2)cc1. The zero-order valence-electron chi connectivity index (χ0n) is 11.3. The van der Waals surface area contributed by atoms with E-state index in [-0.39, 0.29) is 6.04 Å². The van der Waals surface area contributed by atoms with Crippen molar-refractivity contribution in [3.05, 3.63) is 51.9 Å². The second-order valence-electron chi connectivity index (χ2n) is 4.58. The molecule has 102 valence electrons. The normalized spacial score (nSPS) is 12.3. The number of anilines is 1. The summed E-state index contributed by atoms with van der Waals surface area (Å²) in [6.45, 7) is 4.21. The standard InChI is InChI=1S/C15H15N3S2/c1-10-14(20-9-17-10)11(2)18-13-5-3-12(4-6-13)15-16-7-8-19-15/h3-9,11,18H,1-2H3. The van der Waals surface area contributed by atoms with Gasteiger partial charge in [0.05, 0.1) is 17.2 Å². The van der Waals surface area contributed by atoms with Crippen molar-refractivity contribution in [2.24, 2.45) is 0 Å². The van der Waals surface area contributed by atoms with Gasteiger partial charge in [-0.15, -0.1) is 22.7 Å². The van der Waals surface area contributed by atoms with E-state index in [2.05, 4.69) is 53.4 Å². The minimum atomic E-state index is 0.271. The maximum absolute atomic E-state index is 4.32. The van der Waals surface area contributed by atoms with Crippen LogP contribution < -0.4 is 5.32 Å². The van der Waals surface area contributed by atoms with E-state index in [4.69, 9.17) is 0 Å². The number of aromatic nitrogens is 2. The van der Waals surface area contributed by atoms with Crippen LogP contribution >= 0.6 is 22.7 Å². The molecule has 0 aliphatic heterocycles. The Balaban J connectivity index is 1.74. The molecule has 0 fully saturated rings. The lowest BCUT2D eigenvalue weighted by Gasteiger charge is -2.14. The van der Waals surface area contributed by atoms with E-state index in [0.29, 0.717) is 0 Å². The summed E-state index contributed by atoms with van der Waals surface area (Å²) in [7, 11) is 0. The lowest BCUT2D eigenvalue weighted by atomic mass is 10.2. The van der Waals surface area contributed by atoms with Crippen molar-refractivity contribution in [1.82, 2.24) is 9.97 Å². The molecule has 0 spiro atoms. The summed E-state index contributed by atoms with van der Waals surface area (Å²) in [5.41, 5.74) is 5.28. The quantitative estimate of drug-likeness (QED) is 0.755. The Hall–Kier alpha value is -1.72. The summed E-state index contributed by atoms with van der Waals surface area (Å²) < 4.78 is 0. The van der Waals surface area contributed by atoms with Crippen molar-refractivity contribution < 1.29 is 0 Å². The number of thiazole rings is 2. The van der Waals surface area contributed by atoms with Crippen LogP contribution in [-0.2, 0) is 0 Å². The van der Waals surface area contributed by atoms with Crippen molar-refractivity contribution >= 4 is 28.4 Å². The molecule has 0 amide bonds. The van der Waals surface area contributed by atoms with Crippen LogP contribution in [0.1, 0.15) is 23.5 Å². The molecule has 20 heavy (non-hydrogen) atoms. The minimum Gasteiger partial charge on any atom is -0.378 e. The third-order valence-corrected chi connectivity index (χ3v) is 5.06. The van der Waals surface area contributed by atoms with Gasteiger partial charge in [0.15, 0.2) is 0 Å². The molecule has 1 N–H and O–H groups in total. The number of nitrogens with one attached hydrogen (secondary N) is 1. The monoisotopic (exact) mass is 301 g/mol. The Labute approximate surface area is 126 Å². The Morgan fingerprint density at radius 1 is 1.10 bits per heavy atom. The van der Waals surface area contributed by atoms with Gasteiger partial charge in [0.25, 0.3) is 0 Å². The molecule has 0 aliphatic rings. The van der Waals surface area contributed by atoms with Crippen molar-refractivity contribution in [1.29, 1.82) is 0 Å². The molecule has 0 saturated heterocycles. The summed E-state index contributed by atoms with van der Waals surface area (Å²) in [5, 5.41) is 6.57. The van der Waals surface area contributed by atoms with Gasteiger partial charge in [0.1, 0.15) is 5.01 Å². The van der Waals surface area contributed by atoms with Crippen LogP contribution in [0.25, 0.3) is 10.6 Å². The number of rotatable bonds is 4. The van der Waals surface area contributed by atoms with E-state index in [0.717, 1.165) is 22.0 Å². The van der Waals surface area contributed by atoms with Crippen molar-refractivity contribution in [2.45, 2.75) is 19.9 Å². The zero-order chi connectivity index (χ0) is 13.9. The predicted molar refractivity (Wildman–Crippen MR) is 86.4 cm³/mol. The minimum absolute atomic E-state index is 0.271. The highest BCUT2D eigenvalue weighted by Crippen LogP contribution is 2.27. The van der Waals surface area contributed by atoms with Gasteiger partial charge in [-0.05, 0) is 38.1 Å².